The van der Waals surface area contributed by atoms with Gasteiger partial charge in [0, 0.05) is 23.3 Å². The zero-order valence-electron chi connectivity index (χ0n) is 15.6. The fourth-order valence-corrected chi connectivity index (χ4v) is 5.33. The number of hydrogen-bond acceptors (Lipinski definition) is 5. The van der Waals surface area contributed by atoms with Crippen molar-refractivity contribution in [1.82, 2.24) is 0 Å². The van der Waals surface area contributed by atoms with Crippen LogP contribution in [0.25, 0.3) is 0 Å². The van der Waals surface area contributed by atoms with Crippen molar-refractivity contribution in [3.63, 3.8) is 0 Å². The second kappa shape index (κ2) is 6.66. The maximum absolute atomic E-state index is 14.7. The standard InChI is InChI=1S/C21H18F2N2O3S/c1-11-19(26)25-20-16(18(24-11)17-13(22)3-2-4-14(17)23)12-5-7-21(27-9-10-28-21)8-6-15(12)29-20/h2-4,9-11H,5-8H2,1H3,(H,25,26)/t11-/m0/s1. The molecule has 0 saturated carbocycles. The van der Waals surface area contributed by atoms with Crippen molar-refractivity contribution in [2.45, 2.75) is 44.4 Å². The van der Waals surface area contributed by atoms with Crippen LogP contribution in [0.5, 0.6) is 0 Å². The maximum atomic E-state index is 14.7. The monoisotopic (exact) mass is 416 g/mol. The van der Waals surface area contributed by atoms with Gasteiger partial charge in [-0.3, -0.25) is 9.79 Å². The van der Waals surface area contributed by atoms with Crippen LogP contribution < -0.4 is 5.32 Å². The molecule has 1 atom stereocenters. The van der Waals surface area contributed by atoms with Gasteiger partial charge in [0.15, 0.2) is 0 Å². The summed E-state index contributed by atoms with van der Waals surface area (Å²) in [4.78, 5) is 18.0. The number of hydrogen-bond donors (Lipinski definition) is 1. The van der Waals surface area contributed by atoms with Crippen molar-refractivity contribution in [1.29, 1.82) is 0 Å². The van der Waals surface area contributed by atoms with Crippen molar-refractivity contribution in [2.75, 3.05) is 5.32 Å². The summed E-state index contributed by atoms with van der Waals surface area (Å²) in [5, 5.41) is 3.49. The van der Waals surface area contributed by atoms with Crippen LogP contribution in [0.4, 0.5) is 13.8 Å². The summed E-state index contributed by atoms with van der Waals surface area (Å²) >= 11 is 1.43. The fourth-order valence-electron chi connectivity index (χ4n) is 4.08. The third-order valence-corrected chi connectivity index (χ3v) is 6.78. The number of nitrogens with one attached hydrogen (secondary N) is 1. The second-order valence-corrected chi connectivity index (χ2v) is 8.47. The minimum Gasteiger partial charge on any atom is -0.457 e. The summed E-state index contributed by atoms with van der Waals surface area (Å²) in [6, 6.07) is 2.97. The first-order valence-electron chi connectivity index (χ1n) is 9.46. The number of benzene rings is 1. The molecule has 2 aliphatic heterocycles. The Labute approximate surface area is 170 Å². The number of ether oxygens (including phenoxy) is 2. The average Bonchev–Trinajstić information content (AvgIpc) is 3.20. The number of nitrogens with zero attached hydrogens (tertiary/aromatic N) is 1. The van der Waals surface area contributed by atoms with E-state index in [-0.39, 0.29) is 17.2 Å². The summed E-state index contributed by atoms with van der Waals surface area (Å²) in [5.41, 5.74) is 1.53. The van der Waals surface area contributed by atoms with Gasteiger partial charge in [-0.25, -0.2) is 8.78 Å². The highest BCUT2D eigenvalue weighted by atomic mass is 32.1. The normalized spacial score (nSPS) is 22.0. The van der Waals surface area contributed by atoms with Crippen LogP contribution in [-0.4, -0.2) is 23.4 Å². The van der Waals surface area contributed by atoms with E-state index < -0.39 is 23.5 Å². The Hall–Kier alpha value is -2.74. The summed E-state index contributed by atoms with van der Waals surface area (Å²) in [5.74, 6) is -2.40. The fraction of sp³-hybridized carbons (Fsp3) is 0.333. The van der Waals surface area contributed by atoms with Crippen molar-refractivity contribution >= 4 is 28.0 Å². The van der Waals surface area contributed by atoms with E-state index in [2.05, 4.69) is 10.3 Å². The third kappa shape index (κ3) is 2.93. The molecule has 0 unspecified atom stereocenters. The van der Waals surface area contributed by atoms with Crippen molar-refractivity contribution < 1.29 is 23.0 Å². The highest BCUT2D eigenvalue weighted by Gasteiger charge is 2.40. The molecule has 1 aromatic heterocycles. The van der Waals surface area contributed by atoms with Crippen LogP contribution in [0, 0.1) is 11.6 Å². The van der Waals surface area contributed by atoms with Gasteiger partial charge in [0.25, 0.3) is 0 Å². The number of carbonyl (C=O) groups excluding carboxylic acids is 1. The molecular formula is C21H18F2N2O3S. The van der Waals surface area contributed by atoms with Gasteiger partial charge in [0.1, 0.15) is 35.2 Å². The van der Waals surface area contributed by atoms with Gasteiger partial charge in [0.05, 0.1) is 11.3 Å². The molecule has 8 heteroatoms. The molecule has 1 amide bonds. The molecule has 3 heterocycles. The molecule has 1 N–H and O–H groups in total. The highest BCUT2D eigenvalue weighted by molar-refractivity contribution is 7.17. The lowest BCUT2D eigenvalue weighted by atomic mass is 9.95. The summed E-state index contributed by atoms with van der Waals surface area (Å²) in [7, 11) is 0. The molecule has 0 saturated heterocycles. The molecule has 5 rings (SSSR count). The number of amides is 1. The zero-order valence-corrected chi connectivity index (χ0v) is 16.4. The Bertz CT molecular complexity index is 1050. The Morgan fingerprint density at radius 1 is 1.14 bits per heavy atom. The van der Waals surface area contributed by atoms with Crippen LogP contribution in [0.3, 0.4) is 0 Å². The maximum Gasteiger partial charge on any atom is 0.250 e. The third-order valence-electron chi connectivity index (χ3n) is 5.58. The summed E-state index contributed by atoms with van der Waals surface area (Å²) < 4.78 is 40.7. The zero-order chi connectivity index (χ0) is 20.2. The average molecular weight is 416 g/mol. The molecule has 0 bridgehead atoms. The minimum atomic E-state index is -0.762. The summed E-state index contributed by atoms with van der Waals surface area (Å²) in [6.07, 6.45) is 5.59. The lowest BCUT2D eigenvalue weighted by Gasteiger charge is -2.26. The van der Waals surface area contributed by atoms with Gasteiger partial charge in [-0.05, 0) is 37.5 Å². The molecule has 0 fully saturated rings. The molecule has 3 aliphatic rings. The topological polar surface area (TPSA) is 59.9 Å². The molecular weight excluding hydrogens is 398 g/mol. The van der Waals surface area contributed by atoms with E-state index in [4.69, 9.17) is 9.47 Å². The number of halogens is 2. The Morgan fingerprint density at radius 3 is 2.55 bits per heavy atom. The predicted octanol–water partition coefficient (Wildman–Crippen LogP) is 4.30. The van der Waals surface area contributed by atoms with Crippen LogP contribution in [0.1, 0.15) is 41.3 Å². The number of thiophene rings is 1. The molecule has 2 aromatic rings. The largest absolute Gasteiger partial charge is 0.457 e. The van der Waals surface area contributed by atoms with Gasteiger partial charge in [-0.1, -0.05) is 6.07 Å². The number of aryl methyl sites for hydroxylation is 1. The molecule has 150 valence electrons. The lowest BCUT2D eigenvalue weighted by molar-refractivity contribution is -0.149. The van der Waals surface area contributed by atoms with Crippen molar-refractivity contribution in [3.05, 3.63) is 63.9 Å². The van der Waals surface area contributed by atoms with Gasteiger partial charge in [-0.2, -0.15) is 0 Å². The first-order valence-corrected chi connectivity index (χ1v) is 10.3. The molecule has 5 nitrogen and oxygen atoms in total. The van der Waals surface area contributed by atoms with E-state index in [1.165, 1.54) is 29.5 Å². The molecule has 1 aliphatic carbocycles. The van der Waals surface area contributed by atoms with Gasteiger partial charge in [-0.15, -0.1) is 11.3 Å². The predicted molar refractivity (Wildman–Crippen MR) is 105 cm³/mol. The Balaban J connectivity index is 1.67. The molecule has 0 radical (unpaired) electrons. The van der Waals surface area contributed by atoms with Crippen LogP contribution in [-0.2, 0) is 27.1 Å². The van der Waals surface area contributed by atoms with E-state index in [0.717, 1.165) is 10.4 Å². The van der Waals surface area contributed by atoms with E-state index in [0.29, 0.717) is 36.2 Å². The first-order chi connectivity index (χ1) is 14.0. The highest BCUT2D eigenvalue weighted by Crippen LogP contribution is 2.44. The molecule has 29 heavy (non-hydrogen) atoms. The van der Waals surface area contributed by atoms with Crippen LogP contribution in [0.2, 0.25) is 0 Å². The quantitative estimate of drug-likeness (QED) is 0.754. The Kier molecular flexibility index (Phi) is 4.20. The number of fused-ring (bicyclic) bond motifs is 3. The van der Waals surface area contributed by atoms with Crippen LogP contribution >= 0.6 is 11.3 Å². The SMILES string of the molecule is C[C@@H]1N=C(c2c(F)cccc2F)c2c(sc3c2CCC2(CC3)OC=CO2)NC1=O. The van der Waals surface area contributed by atoms with Gasteiger partial charge >= 0.3 is 0 Å². The van der Waals surface area contributed by atoms with E-state index >= 15 is 0 Å². The number of aliphatic imine (C=N–C) groups is 1. The number of anilines is 1. The lowest BCUT2D eigenvalue weighted by Crippen LogP contribution is -2.30. The van der Waals surface area contributed by atoms with E-state index in [9.17, 15) is 13.6 Å². The van der Waals surface area contributed by atoms with Gasteiger partial charge < -0.3 is 14.8 Å². The number of carbonyl (C=O) groups is 1. The van der Waals surface area contributed by atoms with E-state index in [1.807, 2.05) is 0 Å². The van der Waals surface area contributed by atoms with E-state index in [1.54, 1.807) is 19.4 Å². The first kappa shape index (κ1) is 18.3. The van der Waals surface area contributed by atoms with Gasteiger partial charge in [0.2, 0.25) is 11.7 Å². The van der Waals surface area contributed by atoms with Crippen molar-refractivity contribution in [2.24, 2.45) is 4.99 Å². The van der Waals surface area contributed by atoms with Crippen LogP contribution in [0.15, 0.2) is 35.7 Å². The molecule has 1 aromatic carbocycles. The Morgan fingerprint density at radius 2 is 1.83 bits per heavy atom. The second-order valence-electron chi connectivity index (χ2n) is 7.37. The van der Waals surface area contributed by atoms with Crippen molar-refractivity contribution in [3.8, 4) is 0 Å². The number of rotatable bonds is 1. The minimum absolute atomic E-state index is 0.182. The smallest absolute Gasteiger partial charge is 0.250 e. The molecule has 1 spiro atoms. The summed E-state index contributed by atoms with van der Waals surface area (Å²) in [6.45, 7) is 1.62.